The van der Waals surface area contributed by atoms with Gasteiger partial charge in [-0.3, -0.25) is 23.5 Å². The van der Waals surface area contributed by atoms with Gasteiger partial charge in [-0.25, -0.2) is 9.59 Å². The molecule has 3 rings (SSSR count). The first-order chi connectivity index (χ1) is 16.0. The van der Waals surface area contributed by atoms with Crippen molar-refractivity contribution in [1.82, 2.24) is 14.5 Å². The van der Waals surface area contributed by atoms with Crippen LogP contribution in [0, 0.1) is 0 Å². The van der Waals surface area contributed by atoms with Crippen molar-refractivity contribution in [2.24, 2.45) is 7.05 Å². The third kappa shape index (κ3) is 5.29. The van der Waals surface area contributed by atoms with Gasteiger partial charge in [0, 0.05) is 19.0 Å². The number of halogens is 2. The molecule has 0 saturated carbocycles. The van der Waals surface area contributed by atoms with Crippen LogP contribution in [-0.4, -0.2) is 43.2 Å². The Morgan fingerprint density at radius 3 is 2.35 bits per heavy atom. The monoisotopic (exact) mass is 507 g/mol. The number of benzene rings is 2. The fourth-order valence-electron chi connectivity index (χ4n) is 3.38. The van der Waals surface area contributed by atoms with Crippen molar-refractivity contribution in [2.75, 3.05) is 0 Å². The Labute approximate surface area is 202 Å². The van der Waals surface area contributed by atoms with Crippen LogP contribution in [0.25, 0.3) is 10.9 Å². The summed E-state index contributed by atoms with van der Waals surface area (Å²) in [5.74, 6) is -3.39. The van der Waals surface area contributed by atoms with Gasteiger partial charge in [-0.1, -0.05) is 29.3 Å². The van der Waals surface area contributed by atoms with Gasteiger partial charge in [0.2, 0.25) is 0 Å². The standard InChI is InChI=1S/C22H19Cl2N3O7/c1-26-17-6-3-12(19(30)25-16(21(32)33)5-7-18(28)29)9-13(17)20(31)27(22(26)34)10-11-2-4-14(23)15(24)8-11/h2-4,6,8-9,16H,5,7,10H2,1H3,(H,25,30)(H,28,29)(H,32,33)/t16-/m0/s1. The van der Waals surface area contributed by atoms with Crippen molar-refractivity contribution in [3.05, 3.63) is 78.4 Å². The smallest absolute Gasteiger partial charge is 0.331 e. The summed E-state index contributed by atoms with van der Waals surface area (Å²) in [6.45, 7) is -0.0922. The third-order valence-electron chi connectivity index (χ3n) is 5.19. The summed E-state index contributed by atoms with van der Waals surface area (Å²) in [4.78, 5) is 60.7. The van der Waals surface area contributed by atoms with E-state index in [4.69, 9.17) is 28.3 Å². The molecule has 3 aromatic rings. The molecule has 10 nitrogen and oxygen atoms in total. The molecule has 0 aliphatic carbocycles. The molecular weight excluding hydrogens is 489 g/mol. The van der Waals surface area contributed by atoms with E-state index < -0.39 is 41.6 Å². The molecular formula is C22H19Cl2N3O7. The summed E-state index contributed by atoms with van der Waals surface area (Å²) in [6, 6.07) is 7.28. The predicted octanol–water partition coefficient (Wildman–Crippen LogP) is 2.10. The number of amides is 1. The molecule has 34 heavy (non-hydrogen) atoms. The molecule has 0 aliphatic rings. The highest BCUT2D eigenvalue weighted by atomic mass is 35.5. The number of nitrogens with one attached hydrogen (secondary N) is 1. The second kappa shape index (κ2) is 10.1. The predicted molar refractivity (Wildman–Crippen MR) is 125 cm³/mol. The van der Waals surface area contributed by atoms with Gasteiger partial charge in [0.25, 0.3) is 11.5 Å². The van der Waals surface area contributed by atoms with E-state index in [2.05, 4.69) is 5.32 Å². The van der Waals surface area contributed by atoms with Crippen LogP contribution < -0.4 is 16.6 Å². The molecule has 0 fully saturated rings. The number of carbonyl (C=O) groups excluding carboxylic acids is 1. The number of hydrogen-bond donors (Lipinski definition) is 3. The number of hydrogen-bond acceptors (Lipinski definition) is 5. The lowest BCUT2D eigenvalue weighted by Gasteiger charge is -2.15. The first kappa shape index (κ1) is 25.0. The van der Waals surface area contributed by atoms with E-state index in [-0.39, 0.29) is 34.5 Å². The Bertz CT molecular complexity index is 1430. The SMILES string of the molecule is Cn1c(=O)n(Cc2ccc(Cl)c(Cl)c2)c(=O)c2cc(C(=O)N[C@@H](CCC(=O)O)C(=O)O)ccc21. The number of aliphatic carboxylic acids is 2. The number of carboxylic acid groups (broad SMARTS) is 2. The lowest BCUT2D eigenvalue weighted by molar-refractivity contribution is -0.140. The van der Waals surface area contributed by atoms with Gasteiger partial charge >= 0.3 is 17.6 Å². The summed E-state index contributed by atoms with van der Waals surface area (Å²) in [7, 11) is 1.47. The fraction of sp³-hybridized carbons (Fsp3) is 0.227. The molecule has 0 radical (unpaired) electrons. The molecule has 2 aromatic carbocycles. The Morgan fingerprint density at radius 2 is 1.74 bits per heavy atom. The molecule has 0 unspecified atom stereocenters. The maximum atomic E-state index is 13.1. The summed E-state index contributed by atoms with van der Waals surface area (Å²) in [5, 5.41) is 20.9. The van der Waals surface area contributed by atoms with Crippen molar-refractivity contribution in [3.8, 4) is 0 Å². The molecule has 3 N–H and O–H groups in total. The molecule has 1 aromatic heterocycles. The minimum Gasteiger partial charge on any atom is -0.481 e. The summed E-state index contributed by atoms with van der Waals surface area (Å²) >= 11 is 11.9. The number of aromatic nitrogens is 2. The summed E-state index contributed by atoms with van der Waals surface area (Å²) in [5.41, 5.74) is -0.423. The normalized spacial score (nSPS) is 11.9. The second-order valence-corrected chi connectivity index (χ2v) is 8.32. The number of rotatable bonds is 8. The number of carbonyl (C=O) groups is 3. The highest BCUT2D eigenvalue weighted by Crippen LogP contribution is 2.22. The van der Waals surface area contributed by atoms with Gasteiger partial charge in [-0.15, -0.1) is 0 Å². The van der Waals surface area contributed by atoms with Crippen molar-refractivity contribution < 1.29 is 24.6 Å². The van der Waals surface area contributed by atoms with E-state index in [0.29, 0.717) is 10.6 Å². The first-order valence-electron chi connectivity index (χ1n) is 9.92. The lowest BCUT2D eigenvalue weighted by atomic mass is 10.1. The lowest BCUT2D eigenvalue weighted by Crippen LogP contribution is -2.41. The average Bonchev–Trinajstić information content (AvgIpc) is 2.79. The van der Waals surface area contributed by atoms with Gasteiger partial charge in [-0.05, 0) is 42.3 Å². The largest absolute Gasteiger partial charge is 0.481 e. The minimum absolute atomic E-state index is 0.0223. The Morgan fingerprint density at radius 1 is 1.03 bits per heavy atom. The van der Waals surface area contributed by atoms with Crippen molar-refractivity contribution in [3.63, 3.8) is 0 Å². The molecule has 12 heteroatoms. The zero-order valence-electron chi connectivity index (χ0n) is 17.7. The van der Waals surface area contributed by atoms with E-state index in [1.54, 1.807) is 12.1 Å². The molecule has 1 amide bonds. The third-order valence-corrected chi connectivity index (χ3v) is 5.93. The number of nitrogens with zero attached hydrogens (tertiary/aromatic N) is 2. The molecule has 0 spiro atoms. The Hall–Kier alpha value is -3.63. The van der Waals surface area contributed by atoms with Gasteiger partial charge in [0.1, 0.15) is 6.04 Å². The second-order valence-electron chi connectivity index (χ2n) is 7.51. The van der Waals surface area contributed by atoms with E-state index in [1.165, 1.54) is 35.9 Å². The molecule has 1 heterocycles. The molecule has 178 valence electrons. The van der Waals surface area contributed by atoms with Crippen LogP contribution in [0.5, 0.6) is 0 Å². The molecule has 0 bridgehead atoms. The zero-order chi connectivity index (χ0) is 25.2. The average molecular weight is 508 g/mol. The maximum absolute atomic E-state index is 13.1. The highest BCUT2D eigenvalue weighted by Gasteiger charge is 2.22. The van der Waals surface area contributed by atoms with Gasteiger partial charge in [-0.2, -0.15) is 0 Å². The topological polar surface area (TPSA) is 148 Å². The quantitative estimate of drug-likeness (QED) is 0.422. The van der Waals surface area contributed by atoms with Crippen LogP contribution in [0.4, 0.5) is 0 Å². The summed E-state index contributed by atoms with van der Waals surface area (Å²) < 4.78 is 2.24. The molecule has 0 saturated heterocycles. The van der Waals surface area contributed by atoms with Crippen molar-refractivity contribution in [2.45, 2.75) is 25.4 Å². The fourth-order valence-corrected chi connectivity index (χ4v) is 3.70. The van der Waals surface area contributed by atoms with Gasteiger partial charge in [0.05, 0.1) is 27.5 Å². The van der Waals surface area contributed by atoms with Crippen molar-refractivity contribution >= 4 is 52.0 Å². The van der Waals surface area contributed by atoms with Crippen LogP contribution in [0.15, 0.2) is 46.0 Å². The number of fused-ring (bicyclic) bond motifs is 1. The van der Waals surface area contributed by atoms with Gasteiger partial charge in [0.15, 0.2) is 0 Å². The highest BCUT2D eigenvalue weighted by molar-refractivity contribution is 6.42. The van der Waals surface area contributed by atoms with E-state index in [1.807, 2.05) is 0 Å². The molecule has 0 aliphatic heterocycles. The minimum atomic E-state index is -1.43. The van der Waals surface area contributed by atoms with Crippen LogP contribution in [0.3, 0.4) is 0 Å². The zero-order valence-corrected chi connectivity index (χ0v) is 19.3. The Balaban J connectivity index is 2.00. The van der Waals surface area contributed by atoms with Crippen LogP contribution in [-0.2, 0) is 23.2 Å². The van der Waals surface area contributed by atoms with E-state index in [0.717, 1.165) is 4.57 Å². The maximum Gasteiger partial charge on any atom is 0.331 e. The summed E-state index contributed by atoms with van der Waals surface area (Å²) in [6.07, 6.45) is -0.758. The Kier molecular flexibility index (Phi) is 7.43. The van der Waals surface area contributed by atoms with Gasteiger partial charge < -0.3 is 15.5 Å². The van der Waals surface area contributed by atoms with Crippen LogP contribution >= 0.6 is 23.2 Å². The first-order valence-corrected chi connectivity index (χ1v) is 10.7. The van der Waals surface area contributed by atoms with Crippen LogP contribution in [0.2, 0.25) is 10.0 Å². The molecule has 1 atom stereocenters. The number of carboxylic acids is 2. The number of aryl methyl sites for hydroxylation is 1. The van der Waals surface area contributed by atoms with Crippen LogP contribution in [0.1, 0.15) is 28.8 Å². The van der Waals surface area contributed by atoms with E-state index >= 15 is 0 Å². The van der Waals surface area contributed by atoms with Crippen molar-refractivity contribution in [1.29, 1.82) is 0 Å². The van der Waals surface area contributed by atoms with E-state index in [9.17, 15) is 29.1 Å².